The molecule has 2 unspecified atom stereocenters. The van der Waals surface area contributed by atoms with Crippen molar-refractivity contribution in [2.24, 2.45) is 0 Å². The first-order valence-electron chi connectivity index (χ1n) is 11.6. The molecule has 0 fully saturated rings. The molecule has 0 amide bonds. The van der Waals surface area contributed by atoms with Crippen LogP contribution in [0.25, 0.3) is 0 Å². The smallest absolute Gasteiger partial charge is 0.351 e. The fraction of sp³-hybridized carbons (Fsp3) is 0.400. The summed E-state index contributed by atoms with van der Waals surface area (Å²) in [5.41, 5.74) is 13.3. The van der Waals surface area contributed by atoms with Gasteiger partial charge in [0.05, 0.1) is 0 Å². The third-order valence-electron chi connectivity index (χ3n) is 4.80. The average molecular weight is 603 g/mol. The van der Waals surface area contributed by atoms with E-state index >= 15 is 0 Å². The Morgan fingerprint density at radius 3 is 1.69 bits per heavy atom. The van der Waals surface area contributed by atoms with Crippen molar-refractivity contribution in [2.75, 3.05) is 11.5 Å². The number of hydrogen-bond donors (Lipinski definition) is 2. The van der Waals surface area contributed by atoms with E-state index in [2.05, 4.69) is 52.4 Å². The highest BCUT2D eigenvalue weighted by molar-refractivity contribution is 6.94. The lowest BCUT2D eigenvalue weighted by Gasteiger charge is -2.41. The van der Waals surface area contributed by atoms with Gasteiger partial charge in [0.2, 0.25) is 0 Å². The molecule has 0 saturated carbocycles. The van der Waals surface area contributed by atoms with Crippen LogP contribution in [0, 0.1) is 0 Å². The van der Waals surface area contributed by atoms with Crippen molar-refractivity contribution in [1.29, 1.82) is 0 Å². The minimum Gasteiger partial charge on any atom is -0.449 e. The number of benzene rings is 2. The predicted octanol–water partition coefficient (Wildman–Crippen LogP) is 0.875. The van der Waals surface area contributed by atoms with Crippen molar-refractivity contribution in [3.05, 3.63) is 48.5 Å². The molecule has 0 aliphatic heterocycles. The van der Waals surface area contributed by atoms with Crippen LogP contribution in [-0.2, 0) is 24.7 Å². The highest BCUT2D eigenvalue weighted by Gasteiger charge is 2.47. The number of hydrogen-bond acceptors (Lipinski definition) is 8. The summed E-state index contributed by atoms with van der Waals surface area (Å²) in [6.45, 7) is 16.9. The molecule has 196 valence electrons. The van der Waals surface area contributed by atoms with Gasteiger partial charge >= 0.3 is 35.0 Å². The van der Waals surface area contributed by atoms with E-state index in [1.807, 2.05) is 48.5 Å². The van der Waals surface area contributed by atoms with Crippen LogP contribution in [0.4, 0.5) is 11.4 Å². The first-order chi connectivity index (χ1) is 16.0. The summed E-state index contributed by atoms with van der Waals surface area (Å²) in [6, 6.07) is 15.4. The van der Waals surface area contributed by atoms with Gasteiger partial charge in [-0.2, -0.15) is 0 Å². The van der Waals surface area contributed by atoms with Gasteiger partial charge in [-0.1, -0.05) is 24.3 Å². The summed E-state index contributed by atoms with van der Waals surface area (Å²) in [5, 5.41) is 1.98. The van der Waals surface area contributed by atoms with Gasteiger partial charge in [-0.15, -0.1) is 0 Å². The zero-order valence-corrected chi connectivity index (χ0v) is 31.1. The molecule has 4 N–H and O–H groups in total. The Morgan fingerprint density at radius 2 is 1.20 bits per heavy atom. The maximum atomic E-state index is 6.93. The second-order valence-electron chi connectivity index (χ2n) is 10.5. The lowest BCUT2D eigenvalue weighted by Crippen LogP contribution is -2.64. The molecule has 0 spiro atoms. The summed E-state index contributed by atoms with van der Waals surface area (Å²) in [6.07, 6.45) is 0. The molecule has 0 aliphatic carbocycles. The highest BCUT2D eigenvalue weighted by atomic mass is 28.5. The van der Waals surface area contributed by atoms with E-state index in [0.29, 0.717) is 21.9 Å². The van der Waals surface area contributed by atoms with E-state index < -0.39 is 53.3 Å². The molecule has 0 bridgehead atoms. The van der Waals surface area contributed by atoms with Crippen molar-refractivity contribution in [3.8, 4) is 0 Å². The Balaban J connectivity index is 2.42. The van der Waals surface area contributed by atoms with Gasteiger partial charge in [0, 0.05) is 11.4 Å². The second kappa shape index (κ2) is 12.2. The molecule has 2 atom stereocenters. The lowest BCUT2D eigenvalue weighted by atomic mass is 10.3. The van der Waals surface area contributed by atoms with E-state index in [4.69, 9.17) is 36.2 Å². The summed E-state index contributed by atoms with van der Waals surface area (Å²) in [7, 11) is -12.7. The molecule has 8 nitrogen and oxygen atoms in total. The quantitative estimate of drug-likeness (QED) is 0.257. The van der Waals surface area contributed by atoms with Gasteiger partial charge in [0.15, 0.2) is 8.32 Å². The van der Waals surface area contributed by atoms with Gasteiger partial charge in [0.1, 0.15) is 10.5 Å². The fourth-order valence-electron chi connectivity index (χ4n) is 3.96. The fourth-order valence-corrected chi connectivity index (χ4v) is 28.4. The Labute approximate surface area is 221 Å². The number of anilines is 2. The van der Waals surface area contributed by atoms with Gasteiger partial charge < -0.3 is 36.2 Å². The lowest BCUT2D eigenvalue weighted by molar-refractivity contribution is 0.295. The molecule has 0 aliphatic rings. The molecule has 15 heteroatoms. The first kappa shape index (κ1) is 30.5. The maximum Gasteiger partial charge on any atom is 0.351 e. The molecule has 0 heterocycles. The summed E-state index contributed by atoms with van der Waals surface area (Å²) < 4.78 is 38.7. The van der Waals surface area contributed by atoms with E-state index in [0.717, 1.165) is 10.4 Å². The standard InChI is InChI=1S/C20H42N2O6Si7/c1-32(2,3)26-33(4,5)27-34(6,7)28-35(8,20-15-11-18(22)12-16-20)25-31(24-30-23-29)19-13-9-17(21)10-14-19/h9-16,31H,21-22,30H2,1-8,29H3. The van der Waals surface area contributed by atoms with Crippen LogP contribution in [0.2, 0.25) is 52.4 Å². The zero-order chi connectivity index (χ0) is 26.5. The van der Waals surface area contributed by atoms with Crippen molar-refractivity contribution in [3.63, 3.8) is 0 Å². The van der Waals surface area contributed by atoms with Crippen LogP contribution >= 0.6 is 0 Å². The molecule has 0 aromatic heterocycles. The summed E-state index contributed by atoms with van der Waals surface area (Å²) in [5.74, 6) is 0. The molecule has 2 rings (SSSR count). The monoisotopic (exact) mass is 602 g/mol. The van der Waals surface area contributed by atoms with E-state index in [1.165, 1.54) is 0 Å². The normalized spacial score (nSPS) is 16.0. The Bertz CT molecular complexity index is 944. The van der Waals surface area contributed by atoms with Gasteiger partial charge in [-0.3, -0.25) is 0 Å². The van der Waals surface area contributed by atoms with E-state index in [-0.39, 0.29) is 0 Å². The van der Waals surface area contributed by atoms with Crippen LogP contribution in [0.1, 0.15) is 0 Å². The second-order valence-corrected chi connectivity index (χ2v) is 31.4. The largest absolute Gasteiger partial charge is 0.449 e. The van der Waals surface area contributed by atoms with Gasteiger partial charge in [0.25, 0.3) is 10.0 Å². The third-order valence-corrected chi connectivity index (χ3v) is 24.3. The molecule has 0 radical (unpaired) electrons. The van der Waals surface area contributed by atoms with Crippen LogP contribution in [0.5, 0.6) is 0 Å². The Hall–Kier alpha value is -0.682. The van der Waals surface area contributed by atoms with Crippen LogP contribution in [0.15, 0.2) is 48.5 Å². The van der Waals surface area contributed by atoms with Gasteiger partial charge in [-0.25, -0.2) is 0 Å². The van der Waals surface area contributed by atoms with Crippen molar-refractivity contribution in [1.82, 2.24) is 0 Å². The molecule has 2 aromatic carbocycles. The minimum absolute atomic E-state index is 0.637. The molecular formula is C20H42N2O6Si7. The Morgan fingerprint density at radius 1 is 0.714 bits per heavy atom. The SMILES string of the molecule is C[Si](C)(C)O[Si](C)(C)O[Si](C)(C)O[Si](C)(O[SiH](O[SiH2]O[SiH3])c1ccc(N)cc1)c1ccc(N)cc1. The predicted molar refractivity (Wildman–Crippen MR) is 163 cm³/mol. The Kier molecular flexibility index (Phi) is 10.7. The van der Waals surface area contributed by atoms with E-state index in [9.17, 15) is 0 Å². The molecule has 0 saturated heterocycles. The van der Waals surface area contributed by atoms with Crippen LogP contribution in [-0.4, -0.2) is 63.8 Å². The molecule has 2 aromatic rings. The number of nitrogen functional groups attached to an aromatic ring is 2. The zero-order valence-electron chi connectivity index (χ0n) is 22.5. The molecular weight excluding hydrogens is 561 g/mol. The molecule has 35 heavy (non-hydrogen) atoms. The first-order valence-corrected chi connectivity index (χ1v) is 26.5. The summed E-state index contributed by atoms with van der Waals surface area (Å²) >= 11 is 0. The topological polar surface area (TPSA) is 107 Å². The van der Waals surface area contributed by atoms with Crippen molar-refractivity contribution < 1.29 is 24.7 Å². The van der Waals surface area contributed by atoms with Crippen LogP contribution < -0.4 is 21.8 Å². The van der Waals surface area contributed by atoms with Crippen LogP contribution in [0.3, 0.4) is 0 Å². The number of nitrogens with two attached hydrogens (primary N) is 2. The summed E-state index contributed by atoms with van der Waals surface area (Å²) in [4.78, 5) is 0. The van der Waals surface area contributed by atoms with E-state index in [1.54, 1.807) is 0 Å². The average Bonchev–Trinajstić information content (AvgIpc) is 2.69. The van der Waals surface area contributed by atoms with Crippen molar-refractivity contribution >= 4 is 85.5 Å². The number of rotatable bonds is 13. The minimum atomic E-state index is -3.01. The maximum absolute atomic E-state index is 6.93. The highest BCUT2D eigenvalue weighted by Crippen LogP contribution is 2.25. The van der Waals surface area contributed by atoms with Crippen molar-refractivity contribution in [2.45, 2.75) is 52.4 Å². The third kappa shape index (κ3) is 10.3. The van der Waals surface area contributed by atoms with Gasteiger partial charge in [-0.05, 0) is 87.0 Å².